The monoisotopic (exact) mass is 814 g/mol. The molecule has 0 fully saturated rings. The van der Waals surface area contributed by atoms with Gasteiger partial charge in [-0.2, -0.15) is 0 Å². The average molecular weight is 814 g/mol. The Morgan fingerprint density at radius 1 is 0.534 bits per heavy atom. The summed E-state index contributed by atoms with van der Waals surface area (Å²) in [4.78, 5) is 26.1. The van der Waals surface area contributed by atoms with Crippen molar-refractivity contribution in [3.05, 3.63) is 48.6 Å². The molecule has 0 saturated carbocycles. The SMILES string of the molecule is CC/C=C/C/C=C/CCCCCCCCCC(=O)OC(CCCCC/C=C/C=C/CCCCCCCCC)CC(=O)NC(CO)C(O)CCCCCCCCCCC. The van der Waals surface area contributed by atoms with Crippen LogP contribution in [0.4, 0.5) is 0 Å². The molecule has 0 aromatic rings. The van der Waals surface area contributed by atoms with E-state index in [1.165, 1.54) is 109 Å². The van der Waals surface area contributed by atoms with Crippen molar-refractivity contribution in [3.63, 3.8) is 0 Å². The number of allylic oxidation sites excluding steroid dienone is 8. The van der Waals surface area contributed by atoms with Gasteiger partial charge in [-0.1, -0.05) is 204 Å². The predicted molar refractivity (Wildman–Crippen MR) is 250 cm³/mol. The molecule has 0 aromatic heterocycles. The second-order valence-electron chi connectivity index (χ2n) is 16.9. The van der Waals surface area contributed by atoms with Gasteiger partial charge in [-0.25, -0.2) is 0 Å². The van der Waals surface area contributed by atoms with E-state index < -0.39 is 18.2 Å². The van der Waals surface area contributed by atoms with Gasteiger partial charge in [0.15, 0.2) is 0 Å². The van der Waals surface area contributed by atoms with E-state index in [9.17, 15) is 19.8 Å². The van der Waals surface area contributed by atoms with Crippen LogP contribution < -0.4 is 5.32 Å². The molecule has 0 aliphatic carbocycles. The summed E-state index contributed by atoms with van der Waals surface area (Å²) in [6, 6.07) is -0.710. The molecule has 6 nitrogen and oxygen atoms in total. The summed E-state index contributed by atoms with van der Waals surface area (Å²) in [6.45, 7) is 6.34. The van der Waals surface area contributed by atoms with Gasteiger partial charge < -0.3 is 20.3 Å². The summed E-state index contributed by atoms with van der Waals surface area (Å²) in [5, 5.41) is 23.6. The molecule has 338 valence electrons. The lowest BCUT2D eigenvalue weighted by molar-refractivity contribution is -0.151. The molecule has 3 unspecified atom stereocenters. The van der Waals surface area contributed by atoms with Crippen molar-refractivity contribution in [1.29, 1.82) is 0 Å². The Morgan fingerprint density at radius 2 is 0.983 bits per heavy atom. The first kappa shape index (κ1) is 55.8. The molecule has 3 atom stereocenters. The number of aliphatic hydroxyl groups is 2. The van der Waals surface area contributed by atoms with E-state index in [4.69, 9.17) is 4.74 Å². The summed E-state index contributed by atoms with van der Waals surface area (Å²) >= 11 is 0. The number of carbonyl (C=O) groups is 2. The van der Waals surface area contributed by atoms with Gasteiger partial charge in [0.1, 0.15) is 6.10 Å². The van der Waals surface area contributed by atoms with E-state index in [0.29, 0.717) is 19.3 Å². The molecular formula is C52H95NO5. The molecule has 0 rings (SSSR count). The Bertz CT molecular complexity index is 1000. The second-order valence-corrected chi connectivity index (χ2v) is 16.9. The molecule has 0 spiro atoms. The van der Waals surface area contributed by atoms with Crippen LogP contribution in [0.2, 0.25) is 0 Å². The maximum atomic E-state index is 13.2. The molecule has 0 bridgehead atoms. The summed E-state index contributed by atoms with van der Waals surface area (Å²) in [5.74, 6) is -0.508. The van der Waals surface area contributed by atoms with Crippen molar-refractivity contribution in [2.45, 2.75) is 264 Å². The number of carbonyl (C=O) groups excluding carboxylic acids is 2. The fourth-order valence-electron chi connectivity index (χ4n) is 7.40. The van der Waals surface area contributed by atoms with Crippen LogP contribution in [0.1, 0.15) is 245 Å². The second kappa shape index (κ2) is 45.9. The maximum absolute atomic E-state index is 13.2. The number of hydrogen-bond acceptors (Lipinski definition) is 5. The number of rotatable bonds is 44. The quantitative estimate of drug-likeness (QED) is 0.0246. The zero-order valence-electron chi connectivity index (χ0n) is 38.4. The van der Waals surface area contributed by atoms with E-state index in [1.807, 2.05) is 0 Å². The smallest absolute Gasteiger partial charge is 0.306 e. The van der Waals surface area contributed by atoms with Crippen LogP contribution in [-0.4, -0.2) is 46.9 Å². The lowest BCUT2D eigenvalue weighted by Crippen LogP contribution is -2.46. The Kier molecular flexibility index (Phi) is 44.2. The van der Waals surface area contributed by atoms with Gasteiger partial charge in [-0.05, 0) is 77.0 Å². The Balaban J connectivity index is 4.65. The van der Waals surface area contributed by atoms with Crippen molar-refractivity contribution >= 4 is 11.9 Å². The van der Waals surface area contributed by atoms with Crippen LogP contribution in [0.3, 0.4) is 0 Å². The van der Waals surface area contributed by atoms with Crippen molar-refractivity contribution < 1.29 is 24.5 Å². The van der Waals surface area contributed by atoms with Crippen LogP contribution in [0.15, 0.2) is 48.6 Å². The number of aliphatic hydroxyl groups excluding tert-OH is 2. The van der Waals surface area contributed by atoms with Crippen molar-refractivity contribution in [2.75, 3.05) is 6.61 Å². The topological polar surface area (TPSA) is 95.9 Å². The largest absolute Gasteiger partial charge is 0.462 e. The molecule has 0 radical (unpaired) electrons. The van der Waals surface area contributed by atoms with Gasteiger partial charge in [0, 0.05) is 6.42 Å². The van der Waals surface area contributed by atoms with Crippen LogP contribution in [0, 0.1) is 0 Å². The Labute approximate surface area is 359 Å². The third kappa shape index (κ3) is 40.6. The van der Waals surface area contributed by atoms with Gasteiger partial charge in [0.2, 0.25) is 5.91 Å². The van der Waals surface area contributed by atoms with Gasteiger partial charge in [-0.15, -0.1) is 0 Å². The molecular weight excluding hydrogens is 719 g/mol. The van der Waals surface area contributed by atoms with Gasteiger partial charge in [-0.3, -0.25) is 9.59 Å². The highest BCUT2D eigenvalue weighted by molar-refractivity contribution is 5.77. The number of amides is 1. The van der Waals surface area contributed by atoms with Gasteiger partial charge >= 0.3 is 5.97 Å². The van der Waals surface area contributed by atoms with E-state index in [-0.39, 0.29) is 24.9 Å². The molecule has 58 heavy (non-hydrogen) atoms. The van der Waals surface area contributed by atoms with Crippen LogP contribution in [0.5, 0.6) is 0 Å². The minimum absolute atomic E-state index is 0.0566. The van der Waals surface area contributed by atoms with Crippen molar-refractivity contribution in [2.24, 2.45) is 0 Å². The highest BCUT2D eigenvalue weighted by Gasteiger charge is 2.24. The summed E-state index contributed by atoms with van der Waals surface area (Å²) in [7, 11) is 0. The Morgan fingerprint density at radius 3 is 1.52 bits per heavy atom. The van der Waals surface area contributed by atoms with Crippen molar-refractivity contribution in [1.82, 2.24) is 5.32 Å². The minimum Gasteiger partial charge on any atom is -0.462 e. The molecule has 0 heterocycles. The molecule has 3 N–H and O–H groups in total. The lowest BCUT2D eigenvalue weighted by Gasteiger charge is -2.24. The molecule has 0 aromatic carbocycles. The summed E-state index contributed by atoms with van der Waals surface area (Å²) < 4.78 is 5.91. The fraction of sp³-hybridized carbons (Fsp3) is 0.808. The van der Waals surface area contributed by atoms with Crippen molar-refractivity contribution in [3.8, 4) is 0 Å². The fourth-order valence-corrected chi connectivity index (χ4v) is 7.40. The van der Waals surface area contributed by atoms with E-state index in [1.54, 1.807) is 0 Å². The first-order valence-corrected chi connectivity index (χ1v) is 24.9. The summed E-state index contributed by atoms with van der Waals surface area (Å²) in [6.07, 6.45) is 54.6. The average Bonchev–Trinajstić information content (AvgIpc) is 3.22. The number of esters is 1. The zero-order chi connectivity index (χ0) is 42.4. The minimum atomic E-state index is -0.794. The highest BCUT2D eigenvalue weighted by atomic mass is 16.5. The third-order valence-corrected chi connectivity index (χ3v) is 11.2. The molecule has 0 aliphatic heterocycles. The van der Waals surface area contributed by atoms with Gasteiger partial charge in [0.05, 0.1) is 25.2 Å². The third-order valence-electron chi connectivity index (χ3n) is 11.2. The Hall–Kier alpha value is -2.18. The molecule has 0 aliphatic rings. The van der Waals surface area contributed by atoms with E-state index >= 15 is 0 Å². The predicted octanol–water partition coefficient (Wildman–Crippen LogP) is 14.7. The normalized spacial score (nSPS) is 13.7. The molecule has 6 heteroatoms. The summed E-state index contributed by atoms with van der Waals surface area (Å²) in [5.41, 5.74) is 0. The number of hydrogen-bond donors (Lipinski definition) is 3. The number of nitrogens with one attached hydrogen (secondary N) is 1. The maximum Gasteiger partial charge on any atom is 0.306 e. The first-order valence-electron chi connectivity index (χ1n) is 24.9. The number of unbranched alkanes of at least 4 members (excludes halogenated alkanes) is 25. The lowest BCUT2D eigenvalue weighted by atomic mass is 10.0. The molecule has 1 amide bonds. The van der Waals surface area contributed by atoms with Crippen LogP contribution in [-0.2, 0) is 14.3 Å². The standard InChI is InChI=1S/C52H95NO5/c1-4-7-10-13-16-19-21-23-25-26-27-29-32-34-37-40-43-48(58-52(57)45-42-39-36-33-30-28-24-22-20-17-14-11-8-5-2)46-51(56)53-49(47-54)50(55)44-41-38-35-31-18-15-12-9-6-3/h8,11,17,20,25-27,29,48-50,54-55H,4-7,9-10,12-16,18-19,21-24,28,30-47H2,1-3H3,(H,53,56)/b11-8+,20-17+,26-25+,29-27+. The van der Waals surface area contributed by atoms with Crippen LogP contribution in [0.25, 0.3) is 0 Å². The first-order chi connectivity index (χ1) is 28.5. The van der Waals surface area contributed by atoms with Crippen LogP contribution >= 0.6 is 0 Å². The van der Waals surface area contributed by atoms with E-state index in [2.05, 4.69) is 74.7 Å². The number of ether oxygens (including phenoxy) is 1. The molecule has 0 saturated heterocycles. The van der Waals surface area contributed by atoms with Gasteiger partial charge in [0.25, 0.3) is 0 Å². The zero-order valence-corrected chi connectivity index (χ0v) is 38.4. The van der Waals surface area contributed by atoms with E-state index in [0.717, 1.165) is 89.9 Å². The highest BCUT2D eigenvalue weighted by Crippen LogP contribution is 2.17.